The first-order valence-corrected chi connectivity index (χ1v) is 9.78. The fourth-order valence-electron chi connectivity index (χ4n) is 2.65. The Kier molecular flexibility index (Phi) is 6.08. The van der Waals surface area contributed by atoms with Gasteiger partial charge in [-0.1, -0.05) is 11.6 Å². The molecular formula is C18H17ClN2O5S. The molecule has 0 aromatic heterocycles. The van der Waals surface area contributed by atoms with Gasteiger partial charge >= 0.3 is 0 Å². The van der Waals surface area contributed by atoms with Crippen LogP contribution in [-0.2, 0) is 6.54 Å². The fraction of sp³-hybridized carbons (Fsp3) is 0.278. The molecule has 0 atom stereocenters. The van der Waals surface area contributed by atoms with Crippen molar-refractivity contribution in [3.05, 3.63) is 56.6 Å². The topological polar surface area (TPSA) is 90.7 Å². The van der Waals surface area contributed by atoms with Gasteiger partial charge in [0.1, 0.15) is 5.56 Å². The smallest absolute Gasteiger partial charge is 0.282 e. The number of hydrogen-bond donors (Lipinski definition) is 1. The minimum atomic E-state index is -0.566. The number of nitrogens with one attached hydrogen (secondary N) is 1. The lowest BCUT2D eigenvalue weighted by Gasteiger charge is -2.12. The quantitative estimate of drug-likeness (QED) is 0.455. The Morgan fingerprint density at radius 3 is 2.81 bits per heavy atom. The molecule has 0 fully saturated rings. The van der Waals surface area contributed by atoms with Crippen molar-refractivity contribution in [3.63, 3.8) is 0 Å². The zero-order chi connectivity index (χ0) is 19.4. The fourth-order valence-corrected chi connectivity index (χ4v) is 3.37. The third-order valence-electron chi connectivity index (χ3n) is 3.96. The molecule has 2 aromatic rings. The number of nitrogens with zero attached hydrogens (tertiary/aromatic N) is 1. The van der Waals surface area contributed by atoms with E-state index in [0.29, 0.717) is 35.3 Å². The lowest BCUT2D eigenvalue weighted by Crippen LogP contribution is -2.23. The monoisotopic (exact) mass is 408 g/mol. The molecule has 9 heteroatoms. The molecule has 1 amide bonds. The van der Waals surface area contributed by atoms with Crippen molar-refractivity contribution in [2.75, 3.05) is 19.5 Å². The first kappa shape index (κ1) is 19.3. The maximum Gasteiger partial charge on any atom is 0.282 e. The highest BCUT2D eigenvalue weighted by atomic mass is 35.5. The molecule has 1 aliphatic heterocycles. The molecule has 2 aromatic carbocycles. The van der Waals surface area contributed by atoms with Gasteiger partial charge in [-0.3, -0.25) is 14.9 Å². The number of nitro benzene ring substituents is 1. The molecule has 0 bridgehead atoms. The van der Waals surface area contributed by atoms with Crippen LogP contribution in [0.3, 0.4) is 0 Å². The number of benzene rings is 2. The summed E-state index contributed by atoms with van der Waals surface area (Å²) in [4.78, 5) is 23.9. The highest BCUT2D eigenvalue weighted by molar-refractivity contribution is 7.98. The number of ether oxygens (including phenoxy) is 2. The number of halogens is 1. The molecule has 0 saturated heterocycles. The predicted molar refractivity (Wildman–Crippen MR) is 103 cm³/mol. The maximum atomic E-state index is 12.5. The third-order valence-corrected chi connectivity index (χ3v) is 4.97. The van der Waals surface area contributed by atoms with E-state index >= 15 is 0 Å². The predicted octanol–water partition coefficient (Wildman–Crippen LogP) is 4.06. The van der Waals surface area contributed by atoms with Gasteiger partial charge in [0.15, 0.2) is 11.5 Å². The number of rotatable bonds is 5. The van der Waals surface area contributed by atoms with Crippen LogP contribution >= 0.6 is 23.4 Å². The van der Waals surface area contributed by atoms with Gasteiger partial charge in [0, 0.05) is 23.9 Å². The molecule has 7 nitrogen and oxygen atoms in total. The van der Waals surface area contributed by atoms with Crippen LogP contribution in [0.5, 0.6) is 11.5 Å². The molecule has 0 aliphatic carbocycles. The van der Waals surface area contributed by atoms with Crippen LogP contribution in [0, 0.1) is 10.1 Å². The Bertz CT molecular complexity index is 890. The minimum absolute atomic E-state index is 0.0206. The Labute approximate surface area is 165 Å². The average molecular weight is 409 g/mol. The molecule has 0 saturated carbocycles. The number of fused-ring (bicyclic) bond motifs is 1. The van der Waals surface area contributed by atoms with E-state index in [0.717, 1.165) is 11.3 Å². The molecule has 3 rings (SSSR count). The van der Waals surface area contributed by atoms with Crippen molar-refractivity contribution >= 4 is 35.0 Å². The normalized spacial score (nSPS) is 13.0. The van der Waals surface area contributed by atoms with E-state index in [1.165, 1.54) is 23.9 Å². The van der Waals surface area contributed by atoms with E-state index in [1.54, 1.807) is 18.2 Å². The number of thioether (sulfide) groups is 1. The average Bonchev–Trinajstić information content (AvgIpc) is 2.91. The molecule has 27 heavy (non-hydrogen) atoms. The van der Waals surface area contributed by atoms with E-state index < -0.39 is 10.8 Å². The molecule has 0 radical (unpaired) electrons. The van der Waals surface area contributed by atoms with E-state index in [1.807, 2.05) is 6.26 Å². The van der Waals surface area contributed by atoms with Crippen LogP contribution in [0.15, 0.2) is 35.2 Å². The summed E-state index contributed by atoms with van der Waals surface area (Å²) in [5, 5.41) is 14.3. The largest absolute Gasteiger partial charge is 0.489 e. The van der Waals surface area contributed by atoms with Crippen LogP contribution in [0.4, 0.5) is 5.69 Å². The summed E-state index contributed by atoms with van der Waals surface area (Å²) in [6, 6.07) is 7.90. The van der Waals surface area contributed by atoms with Gasteiger partial charge < -0.3 is 14.8 Å². The van der Waals surface area contributed by atoms with E-state index in [4.69, 9.17) is 21.1 Å². The Morgan fingerprint density at radius 2 is 2.07 bits per heavy atom. The molecule has 1 heterocycles. The summed E-state index contributed by atoms with van der Waals surface area (Å²) in [5.41, 5.74) is 0.496. The SMILES string of the molecule is CSc1ccc([N+](=O)[O-])c(C(=O)NCc2cc(Cl)c3c(c2)OCCCO3)c1. The van der Waals surface area contributed by atoms with Crippen molar-refractivity contribution < 1.29 is 19.2 Å². The lowest BCUT2D eigenvalue weighted by atomic mass is 10.1. The van der Waals surface area contributed by atoms with Crippen molar-refractivity contribution in [2.45, 2.75) is 17.9 Å². The van der Waals surface area contributed by atoms with Crippen molar-refractivity contribution in [3.8, 4) is 11.5 Å². The maximum absolute atomic E-state index is 12.5. The first-order valence-electron chi connectivity index (χ1n) is 8.18. The van der Waals surface area contributed by atoms with Crippen LogP contribution in [0.2, 0.25) is 5.02 Å². The number of nitro groups is 1. The van der Waals surface area contributed by atoms with Gasteiger partial charge in [-0.2, -0.15) is 0 Å². The van der Waals surface area contributed by atoms with Crippen molar-refractivity contribution in [2.24, 2.45) is 0 Å². The summed E-state index contributed by atoms with van der Waals surface area (Å²) in [5.74, 6) is 0.494. The standard InChI is InChI=1S/C18H17ClN2O5S/c1-27-12-3-4-15(21(23)24)13(9-12)18(22)20-10-11-7-14(19)17-16(8-11)25-5-2-6-26-17/h3-4,7-9H,2,5-6,10H2,1H3,(H,20,22). The molecule has 0 unspecified atom stereocenters. The summed E-state index contributed by atoms with van der Waals surface area (Å²) in [7, 11) is 0. The zero-order valence-corrected chi connectivity index (χ0v) is 16.1. The van der Waals surface area contributed by atoms with Gasteiger partial charge in [-0.05, 0) is 36.1 Å². The van der Waals surface area contributed by atoms with Gasteiger partial charge in [0.2, 0.25) is 0 Å². The summed E-state index contributed by atoms with van der Waals surface area (Å²) in [6.07, 6.45) is 2.59. The Morgan fingerprint density at radius 1 is 1.30 bits per heavy atom. The van der Waals surface area contributed by atoms with Crippen molar-refractivity contribution in [1.29, 1.82) is 0 Å². The zero-order valence-electron chi connectivity index (χ0n) is 14.5. The number of amides is 1. The minimum Gasteiger partial charge on any atom is -0.489 e. The second-order valence-corrected chi connectivity index (χ2v) is 7.07. The number of carbonyl (C=O) groups is 1. The number of hydrogen-bond acceptors (Lipinski definition) is 6. The van der Waals surface area contributed by atoms with Crippen LogP contribution in [-0.4, -0.2) is 30.3 Å². The first-order chi connectivity index (χ1) is 13.0. The summed E-state index contributed by atoms with van der Waals surface area (Å²) >= 11 is 7.65. The Hall–Kier alpha value is -2.45. The van der Waals surface area contributed by atoms with Crippen LogP contribution in [0.1, 0.15) is 22.3 Å². The molecule has 1 aliphatic rings. The van der Waals surface area contributed by atoms with Gasteiger partial charge in [-0.15, -0.1) is 11.8 Å². The van der Waals surface area contributed by atoms with Crippen LogP contribution in [0.25, 0.3) is 0 Å². The second kappa shape index (κ2) is 8.49. The van der Waals surface area contributed by atoms with Crippen molar-refractivity contribution in [1.82, 2.24) is 5.32 Å². The van der Waals surface area contributed by atoms with Gasteiger partial charge in [0.05, 0.1) is 23.2 Å². The molecule has 1 N–H and O–H groups in total. The highest BCUT2D eigenvalue weighted by Crippen LogP contribution is 2.38. The van der Waals surface area contributed by atoms with Crippen LogP contribution < -0.4 is 14.8 Å². The summed E-state index contributed by atoms with van der Waals surface area (Å²) in [6.45, 7) is 1.20. The lowest BCUT2D eigenvalue weighted by molar-refractivity contribution is -0.385. The molecule has 0 spiro atoms. The third kappa shape index (κ3) is 4.45. The van der Waals surface area contributed by atoms with Gasteiger partial charge in [0.25, 0.3) is 11.6 Å². The summed E-state index contributed by atoms with van der Waals surface area (Å²) < 4.78 is 11.2. The van der Waals surface area contributed by atoms with E-state index in [2.05, 4.69) is 5.32 Å². The molecular weight excluding hydrogens is 392 g/mol. The van der Waals surface area contributed by atoms with E-state index in [9.17, 15) is 14.9 Å². The second-order valence-electron chi connectivity index (χ2n) is 5.78. The Balaban J connectivity index is 1.79. The highest BCUT2D eigenvalue weighted by Gasteiger charge is 2.21. The number of carbonyl (C=O) groups excluding carboxylic acids is 1. The van der Waals surface area contributed by atoms with E-state index in [-0.39, 0.29) is 17.8 Å². The molecule has 142 valence electrons. The van der Waals surface area contributed by atoms with Gasteiger partial charge in [-0.25, -0.2) is 0 Å².